The number of methoxy groups -OCH3 is 1. The number of nitrogens with zero attached hydrogens (tertiary/aromatic N) is 1. The average molecular weight is 231 g/mol. The molecule has 0 aliphatic heterocycles. The molecule has 0 saturated carbocycles. The van der Waals surface area contributed by atoms with Gasteiger partial charge in [0.15, 0.2) is 0 Å². The van der Waals surface area contributed by atoms with E-state index in [9.17, 15) is 0 Å². The van der Waals surface area contributed by atoms with Crippen molar-refractivity contribution in [2.24, 2.45) is 4.99 Å². The minimum Gasteiger partial charge on any atom is -0.494 e. The number of benzene rings is 1. The quantitative estimate of drug-likeness (QED) is 0.736. The van der Waals surface area contributed by atoms with E-state index in [4.69, 9.17) is 4.74 Å². The highest BCUT2D eigenvalue weighted by Crippen LogP contribution is 2.28. The zero-order valence-electron chi connectivity index (χ0n) is 9.31. The molecule has 0 spiro atoms. The van der Waals surface area contributed by atoms with Gasteiger partial charge in [-0.3, -0.25) is 4.99 Å². The number of ether oxygens (including phenoxy) is 1. The van der Waals surface area contributed by atoms with Gasteiger partial charge in [0.1, 0.15) is 11.4 Å². The van der Waals surface area contributed by atoms with Gasteiger partial charge in [-0.15, -0.1) is 11.3 Å². The summed E-state index contributed by atoms with van der Waals surface area (Å²) in [6.07, 6.45) is 1.86. The Hall–Kier alpha value is -1.61. The van der Waals surface area contributed by atoms with Crippen LogP contribution >= 0.6 is 11.3 Å². The van der Waals surface area contributed by atoms with Crippen molar-refractivity contribution in [2.45, 2.75) is 6.92 Å². The van der Waals surface area contributed by atoms with Crippen molar-refractivity contribution in [1.82, 2.24) is 0 Å². The molecule has 16 heavy (non-hydrogen) atoms. The summed E-state index contributed by atoms with van der Waals surface area (Å²) >= 11 is 1.67. The Morgan fingerprint density at radius 2 is 2.19 bits per heavy atom. The van der Waals surface area contributed by atoms with Crippen molar-refractivity contribution < 1.29 is 4.74 Å². The molecule has 1 heterocycles. The van der Waals surface area contributed by atoms with Gasteiger partial charge in [0.25, 0.3) is 0 Å². The number of aryl methyl sites for hydroxylation is 1. The lowest BCUT2D eigenvalue weighted by Gasteiger charge is -2.04. The third-order valence-electron chi connectivity index (χ3n) is 2.21. The predicted octanol–water partition coefficient (Wildman–Crippen LogP) is 3.82. The van der Waals surface area contributed by atoms with E-state index >= 15 is 0 Å². The normalized spacial score (nSPS) is 10.9. The van der Waals surface area contributed by atoms with Crippen molar-refractivity contribution in [2.75, 3.05) is 7.11 Å². The molecule has 0 aliphatic carbocycles. The summed E-state index contributed by atoms with van der Waals surface area (Å²) in [6.45, 7) is 2.04. The number of aliphatic imine (C=N–C) groups is 1. The van der Waals surface area contributed by atoms with Crippen LogP contribution in [0.2, 0.25) is 0 Å². The van der Waals surface area contributed by atoms with Crippen LogP contribution in [-0.4, -0.2) is 13.3 Å². The van der Waals surface area contributed by atoms with Crippen LogP contribution in [0.25, 0.3) is 0 Å². The summed E-state index contributed by atoms with van der Waals surface area (Å²) in [6, 6.07) is 10.0. The molecular formula is C13H13NOS. The maximum absolute atomic E-state index is 5.29. The second-order valence-electron chi connectivity index (χ2n) is 3.45. The summed E-state index contributed by atoms with van der Waals surface area (Å²) in [5.74, 6) is 0.813. The fourth-order valence-electron chi connectivity index (χ4n) is 1.39. The van der Waals surface area contributed by atoms with Gasteiger partial charge < -0.3 is 4.74 Å². The number of hydrogen-bond acceptors (Lipinski definition) is 3. The molecule has 82 valence electrons. The van der Waals surface area contributed by atoms with E-state index in [-0.39, 0.29) is 0 Å². The molecule has 0 N–H and O–H groups in total. The second kappa shape index (κ2) is 4.94. The van der Waals surface area contributed by atoms with Crippen molar-refractivity contribution in [1.29, 1.82) is 0 Å². The maximum Gasteiger partial charge on any atom is 0.144 e. The Balaban J connectivity index is 2.27. The lowest BCUT2D eigenvalue weighted by Crippen LogP contribution is -1.84. The highest BCUT2D eigenvalue weighted by molar-refractivity contribution is 7.11. The SMILES string of the molecule is COc1cc(C)ccc1/N=C/c1cccs1. The van der Waals surface area contributed by atoms with Crippen molar-refractivity contribution in [3.05, 3.63) is 46.2 Å². The Morgan fingerprint density at radius 3 is 2.88 bits per heavy atom. The van der Waals surface area contributed by atoms with Gasteiger partial charge in [-0.2, -0.15) is 0 Å². The first-order valence-electron chi connectivity index (χ1n) is 5.02. The summed E-state index contributed by atoms with van der Waals surface area (Å²) in [7, 11) is 1.67. The van der Waals surface area contributed by atoms with Crippen LogP contribution in [0.3, 0.4) is 0 Å². The molecule has 2 rings (SSSR count). The van der Waals surface area contributed by atoms with Crippen LogP contribution in [0, 0.1) is 6.92 Å². The number of rotatable bonds is 3. The fourth-order valence-corrected chi connectivity index (χ4v) is 1.97. The van der Waals surface area contributed by atoms with Gasteiger partial charge in [0.2, 0.25) is 0 Å². The van der Waals surface area contributed by atoms with Gasteiger partial charge >= 0.3 is 0 Å². The van der Waals surface area contributed by atoms with E-state index in [1.54, 1.807) is 18.4 Å². The molecule has 0 unspecified atom stereocenters. The predicted molar refractivity (Wildman–Crippen MR) is 69.3 cm³/mol. The van der Waals surface area contributed by atoms with Gasteiger partial charge in [0, 0.05) is 11.1 Å². The third kappa shape index (κ3) is 2.49. The minimum absolute atomic E-state index is 0.813. The molecular weight excluding hydrogens is 218 g/mol. The molecule has 1 aromatic carbocycles. The van der Waals surface area contributed by atoms with E-state index in [1.807, 2.05) is 48.9 Å². The molecule has 0 saturated heterocycles. The Bertz CT molecular complexity index is 489. The van der Waals surface area contributed by atoms with Gasteiger partial charge in [-0.1, -0.05) is 12.1 Å². The number of thiophene rings is 1. The van der Waals surface area contributed by atoms with Crippen molar-refractivity contribution >= 4 is 23.2 Å². The first-order chi connectivity index (χ1) is 7.79. The molecule has 2 aromatic rings. The molecule has 0 atom stereocenters. The van der Waals surface area contributed by atoms with E-state index in [1.165, 1.54) is 5.56 Å². The van der Waals surface area contributed by atoms with Crippen LogP contribution in [0.1, 0.15) is 10.4 Å². The topological polar surface area (TPSA) is 21.6 Å². The van der Waals surface area contributed by atoms with E-state index < -0.39 is 0 Å². The van der Waals surface area contributed by atoms with E-state index in [0.29, 0.717) is 0 Å². The lowest BCUT2D eigenvalue weighted by atomic mass is 10.2. The second-order valence-corrected chi connectivity index (χ2v) is 4.43. The first-order valence-corrected chi connectivity index (χ1v) is 5.90. The smallest absolute Gasteiger partial charge is 0.144 e. The molecule has 0 amide bonds. The Labute approximate surface area is 99.2 Å². The highest BCUT2D eigenvalue weighted by Gasteiger charge is 2.00. The molecule has 0 aliphatic rings. The standard InChI is InChI=1S/C13H13NOS/c1-10-5-6-12(13(8-10)15-2)14-9-11-4-3-7-16-11/h3-9H,1-2H3/b14-9+. The molecule has 0 bridgehead atoms. The summed E-state index contributed by atoms with van der Waals surface area (Å²) in [4.78, 5) is 5.56. The summed E-state index contributed by atoms with van der Waals surface area (Å²) in [5, 5.41) is 2.04. The first kappa shape index (κ1) is 10.9. The fraction of sp³-hybridized carbons (Fsp3) is 0.154. The Morgan fingerprint density at radius 1 is 1.31 bits per heavy atom. The zero-order chi connectivity index (χ0) is 11.4. The summed E-state index contributed by atoms with van der Waals surface area (Å²) in [5.41, 5.74) is 2.04. The third-order valence-corrected chi connectivity index (χ3v) is 3.02. The van der Waals surface area contributed by atoms with E-state index in [2.05, 4.69) is 4.99 Å². The van der Waals surface area contributed by atoms with Crippen LogP contribution < -0.4 is 4.74 Å². The molecule has 1 aromatic heterocycles. The summed E-state index contributed by atoms with van der Waals surface area (Å²) < 4.78 is 5.29. The molecule has 0 fully saturated rings. The van der Waals surface area contributed by atoms with E-state index in [0.717, 1.165) is 16.3 Å². The van der Waals surface area contributed by atoms with Crippen LogP contribution in [0.15, 0.2) is 40.7 Å². The Kier molecular flexibility index (Phi) is 3.37. The van der Waals surface area contributed by atoms with Crippen LogP contribution in [-0.2, 0) is 0 Å². The van der Waals surface area contributed by atoms with Gasteiger partial charge in [-0.25, -0.2) is 0 Å². The van der Waals surface area contributed by atoms with Crippen LogP contribution in [0.5, 0.6) is 5.75 Å². The lowest BCUT2D eigenvalue weighted by molar-refractivity contribution is 0.416. The molecule has 2 nitrogen and oxygen atoms in total. The molecule has 0 radical (unpaired) electrons. The number of hydrogen-bond donors (Lipinski definition) is 0. The van der Waals surface area contributed by atoms with Crippen molar-refractivity contribution in [3.63, 3.8) is 0 Å². The monoisotopic (exact) mass is 231 g/mol. The largest absolute Gasteiger partial charge is 0.494 e. The van der Waals surface area contributed by atoms with Crippen LogP contribution in [0.4, 0.5) is 5.69 Å². The van der Waals surface area contributed by atoms with Crippen molar-refractivity contribution in [3.8, 4) is 5.75 Å². The van der Waals surface area contributed by atoms with Gasteiger partial charge in [-0.05, 0) is 36.1 Å². The average Bonchev–Trinajstić information content (AvgIpc) is 2.80. The zero-order valence-corrected chi connectivity index (χ0v) is 10.1. The highest BCUT2D eigenvalue weighted by atomic mass is 32.1. The minimum atomic E-state index is 0.813. The van der Waals surface area contributed by atoms with Gasteiger partial charge in [0.05, 0.1) is 7.11 Å². The maximum atomic E-state index is 5.29. The molecule has 3 heteroatoms.